The molecule has 0 fully saturated rings. The van der Waals surface area contributed by atoms with E-state index in [1.165, 1.54) is 29.8 Å². The number of benzene rings is 3. The number of aryl methyl sites for hydroxylation is 1. The third-order valence-corrected chi connectivity index (χ3v) is 6.26. The average molecular weight is 443 g/mol. The van der Waals surface area contributed by atoms with Crippen LogP contribution in [0.15, 0.2) is 83.8 Å². The van der Waals surface area contributed by atoms with Crippen molar-refractivity contribution >= 4 is 33.2 Å². The summed E-state index contributed by atoms with van der Waals surface area (Å²) in [6.07, 6.45) is 1.71. The molecule has 0 saturated carbocycles. The Morgan fingerprint density at radius 3 is 2.20 bits per heavy atom. The van der Waals surface area contributed by atoms with Crippen LogP contribution in [0.25, 0.3) is 0 Å². The van der Waals surface area contributed by atoms with Crippen LogP contribution in [0.3, 0.4) is 0 Å². The Bertz CT molecular complexity index is 1080. The van der Waals surface area contributed by atoms with Gasteiger partial charge >= 0.3 is 0 Å². The van der Waals surface area contributed by atoms with E-state index in [1.54, 1.807) is 24.3 Å². The number of amides is 1. The summed E-state index contributed by atoms with van der Waals surface area (Å²) in [5.41, 5.74) is 2.07. The number of carbonyl (C=O) groups excluding carboxylic acids is 1. The second kappa shape index (κ2) is 9.78. The first-order valence-corrected chi connectivity index (χ1v) is 11.4. The van der Waals surface area contributed by atoms with Gasteiger partial charge in [-0.2, -0.15) is 0 Å². The molecule has 1 atom stereocenters. The van der Waals surface area contributed by atoms with Crippen LogP contribution in [0.2, 0.25) is 5.02 Å². The molecular formula is C23H23ClN2O3S. The van der Waals surface area contributed by atoms with Crippen molar-refractivity contribution < 1.29 is 13.2 Å². The van der Waals surface area contributed by atoms with Crippen molar-refractivity contribution in [2.45, 2.75) is 30.7 Å². The fourth-order valence-electron chi connectivity index (χ4n) is 2.92. The van der Waals surface area contributed by atoms with Crippen LogP contribution in [0.5, 0.6) is 0 Å². The third kappa shape index (κ3) is 6.08. The SMILES string of the molecule is C[C@@H](CCc1ccccc1)NC(=O)c1ccc(NS(=O)(=O)c2ccc(Cl)cc2)cc1. The maximum Gasteiger partial charge on any atom is 0.261 e. The smallest absolute Gasteiger partial charge is 0.261 e. The van der Waals surface area contributed by atoms with Crippen molar-refractivity contribution in [3.05, 3.63) is 95.0 Å². The maximum absolute atomic E-state index is 12.5. The number of hydrogen-bond acceptors (Lipinski definition) is 3. The Morgan fingerprint density at radius 2 is 1.57 bits per heavy atom. The van der Waals surface area contributed by atoms with E-state index < -0.39 is 10.0 Å². The molecule has 156 valence electrons. The Morgan fingerprint density at radius 1 is 0.933 bits per heavy atom. The van der Waals surface area contributed by atoms with Gasteiger partial charge in [0.2, 0.25) is 0 Å². The molecule has 3 aromatic rings. The Kier molecular flexibility index (Phi) is 7.13. The summed E-state index contributed by atoms with van der Waals surface area (Å²) in [5, 5.41) is 3.44. The highest BCUT2D eigenvalue weighted by atomic mass is 35.5. The first kappa shape index (κ1) is 21.9. The first-order valence-electron chi connectivity index (χ1n) is 9.57. The van der Waals surface area contributed by atoms with Gasteiger partial charge in [0.05, 0.1) is 4.90 Å². The molecule has 0 aromatic heterocycles. The van der Waals surface area contributed by atoms with Crippen LogP contribution >= 0.6 is 11.6 Å². The highest BCUT2D eigenvalue weighted by molar-refractivity contribution is 7.92. The highest BCUT2D eigenvalue weighted by Gasteiger charge is 2.15. The molecule has 0 aliphatic rings. The van der Waals surface area contributed by atoms with Gasteiger partial charge in [-0.1, -0.05) is 41.9 Å². The lowest BCUT2D eigenvalue weighted by Gasteiger charge is -2.14. The molecule has 0 unspecified atom stereocenters. The van der Waals surface area contributed by atoms with Gasteiger partial charge in [-0.25, -0.2) is 8.42 Å². The number of nitrogens with one attached hydrogen (secondary N) is 2. The Balaban J connectivity index is 1.56. The van der Waals surface area contributed by atoms with Crippen molar-refractivity contribution in [2.75, 3.05) is 4.72 Å². The summed E-state index contributed by atoms with van der Waals surface area (Å²) in [5.74, 6) is -0.192. The van der Waals surface area contributed by atoms with Crippen LogP contribution in [-0.2, 0) is 16.4 Å². The van der Waals surface area contributed by atoms with Gasteiger partial charge in [0.25, 0.3) is 15.9 Å². The molecule has 0 bridgehead atoms. The summed E-state index contributed by atoms with van der Waals surface area (Å²) in [6, 6.07) is 22.4. The van der Waals surface area contributed by atoms with Gasteiger partial charge in [-0.3, -0.25) is 9.52 Å². The number of carbonyl (C=O) groups is 1. The fourth-order valence-corrected chi connectivity index (χ4v) is 4.11. The number of rotatable bonds is 8. The largest absolute Gasteiger partial charge is 0.350 e. The predicted molar refractivity (Wildman–Crippen MR) is 120 cm³/mol. The summed E-state index contributed by atoms with van der Waals surface area (Å²) >= 11 is 5.80. The number of anilines is 1. The van der Waals surface area contributed by atoms with E-state index in [9.17, 15) is 13.2 Å². The van der Waals surface area contributed by atoms with Gasteiger partial charge < -0.3 is 5.32 Å². The van der Waals surface area contributed by atoms with Crippen LogP contribution < -0.4 is 10.0 Å². The molecule has 30 heavy (non-hydrogen) atoms. The van der Waals surface area contributed by atoms with E-state index >= 15 is 0 Å². The van der Waals surface area contributed by atoms with Crippen LogP contribution in [-0.4, -0.2) is 20.4 Å². The van der Waals surface area contributed by atoms with Crippen molar-refractivity contribution in [3.63, 3.8) is 0 Å². The van der Waals surface area contributed by atoms with E-state index in [0.717, 1.165) is 12.8 Å². The van der Waals surface area contributed by atoms with Crippen LogP contribution in [0, 0.1) is 0 Å². The van der Waals surface area contributed by atoms with Gasteiger partial charge in [0.15, 0.2) is 0 Å². The van der Waals surface area contributed by atoms with E-state index in [-0.39, 0.29) is 16.8 Å². The molecule has 2 N–H and O–H groups in total. The van der Waals surface area contributed by atoms with Gasteiger partial charge in [-0.05, 0) is 73.9 Å². The van der Waals surface area contributed by atoms with Gasteiger partial charge in [0.1, 0.15) is 0 Å². The lowest BCUT2D eigenvalue weighted by atomic mass is 10.1. The molecule has 0 heterocycles. The molecule has 3 rings (SSSR count). The van der Waals surface area contributed by atoms with Gasteiger partial charge in [-0.15, -0.1) is 0 Å². The number of halogens is 1. The zero-order valence-electron chi connectivity index (χ0n) is 16.5. The minimum absolute atomic E-state index is 0.0146. The van der Waals surface area contributed by atoms with E-state index in [0.29, 0.717) is 16.3 Å². The second-order valence-electron chi connectivity index (χ2n) is 7.04. The molecule has 3 aromatic carbocycles. The molecule has 0 spiro atoms. The standard InChI is InChI=1S/C23H23ClN2O3S/c1-17(7-8-18-5-3-2-4-6-18)25-23(27)19-9-13-21(14-10-19)26-30(28,29)22-15-11-20(24)12-16-22/h2-6,9-17,26H,7-8H2,1H3,(H,25,27)/t17-/m0/s1. The Hall–Kier alpha value is -2.83. The highest BCUT2D eigenvalue weighted by Crippen LogP contribution is 2.19. The third-order valence-electron chi connectivity index (χ3n) is 4.61. The van der Waals surface area contributed by atoms with Crippen LogP contribution in [0.1, 0.15) is 29.3 Å². The zero-order chi connectivity index (χ0) is 21.6. The molecule has 0 aliphatic carbocycles. The molecule has 0 saturated heterocycles. The quantitative estimate of drug-likeness (QED) is 0.521. The number of hydrogen-bond donors (Lipinski definition) is 2. The van der Waals surface area contributed by atoms with E-state index in [1.807, 2.05) is 25.1 Å². The molecule has 7 heteroatoms. The topological polar surface area (TPSA) is 75.3 Å². The lowest BCUT2D eigenvalue weighted by Crippen LogP contribution is -2.32. The fraction of sp³-hybridized carbons (Fsp3) is 0.174. The second-order valence-corrected chi connectivity index (χ2v) is 9.15. The monoisotopic (exact) mass is 442 g/mol. The summed E-state index contributed by atoms with van der Waals surface area (Å²) < 4.78 is 27.4. The van der Waals surface area contributed by atoms with Crippen molar-refractivity contribution in [2.24, 2.45) is 0 Å². The minimum atomic E-state index is -3.73. The predicted octanol–water partition coefficient (Wildman–Crippen LogP) is 4.89. The normalized spacial score (nSPS) is 12.2. The number of sulfonamides is 1. The van der Waals surface area contributed by atoms with Gasteiger partial charge in [0, 0.05) is 22.3 Å². The molecular weight excluding hydrogens is 420 g/mol. The molecule has 0 aliphatic heterocycles. The zero-order valence-corrected chi connectivity index (χ0v) is 18.1. The average Bonchev–Trinajstić information content (AvgIpc) is 2.73. The summed E-state index contributed by atoms with van der Waals surface area (Å²) in [6.45, 7) is 1.97. The maximum atomic E-state index is 12.5. The van der Waals surface area contributed by atoms with E-state index in [4.69, 9.17) is 11.6 Å². The minimum Gasteiger partial charge on any atom is -0.350 e. The van der Waals surface area contributed by atoms with Crippen molar-refractivity contribution in [3.8, 4) is 0 Å². The molecule has 5 nitrogen and oxygen atoms in total. The van der Waals surface area contributed by atoms with E-state index in [2.05, 4.69) is 22.2 Å². The molecule has 0 radical (unpaired) electrons. The molecule has 1 amide bonds. The van der Waals surface area contributed by atoms with Crippen molar-refractivity contribution in [1.29, 1.82) is 0 Å². The Labute approximate surface area is 182 Å². The lowest BCUT2D eigenvalue weighted by molar-refractivity contribution is 0.0938. The summed E-state index contributed by atoms with van der Waals surface area (Å²) in [7, 11) is -3.73. The van der Waals surface area contributed by atoms with Crippen LogP contribution in [0.4, 0.5) is 5.69 Å². The van der Waals surface area contributed by atoms with Crippen molar-refractivity contribution in [1.82, 2.24) is 5.32 Å². The summed E-state index contributed by atoms with van der Waals surface area (Å²) in [4.78, 5) is 12.6. The first-order chi connectivity index (χ1) is 14.3.